The quantitative estimate of drug-likeness (QED) is 0.653. The van der Waals surface area contributed by atoms with Crippen LogP contribution in [0.1, 0.15) is 16.8 Å². The largest absolute Gasteiger partial charge is 0.352 e. The third kappa shape index (κ3) is 4.36. The van der Waals surface area contributed by atoms with Gasteiger partial charge in [0.25, 0.3) is 5.91 Å². The smallest absolute Gasteiger partial charge is 0.251 e. The predicted molar refractivity (Wildman–Crippen MR) is 67.2 cm³/mol. The molecule has 1 aromatic carbocycles. The fourth-order valence-corrected chi connectivity index (χ4v) is 2.04. The Bertz CT molecular complexity index is 499. The van der Waals surface area contributed by atoms with Crippen molar-refractivity contribution in [3.63, 3.8) is 0 Å². The van der Waals surface area contributed by atoms with Crippen LogP contribution in [0.4, 0.5) is 0 Å². The minimum absolute atomic E-state index is 0.141. The lowest BCUT2D eigenvalue weighted by Gasteiger charge is -2.05. The second-order valence-electron chi connectivity index (χ2n) is 3.60. The number of nitrogens with one attached hydrogen (secondary N) is 1. The molecule has 4 nitrogen and oxygen atoms in total. The van der Waals surface area contributed by atoms with Gasteiger partial charge in [-0.05, 0) is 24.6 Å². The van der Waals surface area contributed by atoms with Crippen molar-refractivity contribution in [3.8, 4) is 0 Å². The average molecular weight is 276 g/mol. The Labute approximate surface area is 106 Å². The van der Waals surface area contributed by atoms with E-state index in [-0.39, 0.29) is 10.8 Å². The summed E-state index contributed by atoms with van der Waals surface area (Å²) >= 11 is 5.49. The number of hydrogen-bond donors (Lipinski definition) is 1. The second kappa shape index (κ2) is 6.02. The van der Waals surface area contributed by atoms with Gasteiger partial charge in [-0.3, -0.25) is 4.79 Å². The molecule has 0 saturated heterocycles. The van der Waals surface area contributed by atoms with Crippen LogP contribution in [0.25, 0.3) is 0 Å². The SMILES string of the molecule is CS(=O)(=O)c1cccc(C(=O)NCCCCl)c1. The molecule has 0 spiro atoms. The number of halogens is 1. The van der Waals surface area contributed by atoms with E-state index >= 15 is 0 Å². The fourth-order valence-electron chi connectivity index (χ4n) is 1.24. The Morgan fingerprint density at radius 3 is 2.71 bits per heavy atom. The van der Waals surface area contributed by atoms with E-state index in [1.165, 1.54) is 12.1 Å². The number of sulfone groups is 1. The highest BCUT2D eigenvalue weighted by atomic mass is 35.5. The number of carbonyl (C=O) groups is 1. The molecule has 17 heavy (non-hydrogen) atoms. The summed E-state index contributed by atoms with van der Waals surface area (Å²) in [5.74, 6) is 0.185. The van der Waals surface area contributed by atoms with Crippen LogP contribution in [0, 0.1) is 0 Å². The minimum atomic E-state index is -3.29. The topological polar surface area (TPSA) is 63.2 Å². The number of hydrogen-bond acceptors (Lipinski definition) is 3. The maximum Gasteiger partial charge on any atom is 0.251 e. The van der Waals surface area contributed by atoms with Crippen LogP contribution in [0.2, 0.25) is 0 Å². The molecule has 0 fully saturated rings. The third-order valence-electron chi connectivity index (χ3n) is 2.12. The van der Waals surface area contributed by atoms with Gasteiger partial charge < -0.3 is 5.32 Å². The lowest BCUT2D eigenvalue weighted by molar-refractivity contribution is 0.0953. The summed E-state index contributed by atoms with van der Waals surface area (Å²) in [7, 11) is -3.29. The molecule has 0 aliphatic rings. The van der Waals surface area contributed by atoms with Crippen molar-refractivity contribution in [3.05, 3.63) is 29.8 Å². The first kappa shape index (κ1) is 14.0. The van der Waals surface area contributed by atoms with Gasteiger partial charge in [0, 0.05) is 24.2 Å². The Morgan fingerprint density at radius 2 is 2.12 bits per heavy atom. The molecule has 0 atom stereocenters. The highest BCUT2D eigenvalue weighted by molar-refractivity contribution is 7.90. The fraction of sp³-hybridized carbons (Fsp3) is 0.364. The van der Waals surface area contributed by atoms with Gasteiger partial charge in [0.05, 0.1) is 4.90 Å². The zero-order valence-electron chi connectivity index (χ0n) is 9.44. The van der Waals surface area contributed by atoms with Crippen molar-refractivity contribution >= 4 is 27.3 Å². The van der Waals surface area contributed by atoms with Gasteiger partial charge in [-0.15, -0.1) is 11.6 Å². The van der Waals surface area contributed by atoms with Crippen molar-refractivity contribution in [2.24, 2.45) is 0 Å². The van der Waals surface area contributed by atoms with Crippen molar-refractivity contribution in [2.45, 2.75) is 11.3 Å². The van der Waals surface area contributed by atoms with E-state index in [1.54, 1.807) is 12.1 Å². The van der Waals surface area contributed by atoms with Crippen molar-refractivity contribution in [1.82, 2.24) is 5.32 Å². The molecule has 1 aromatic rings. The maximum absolute atomic E-state index is 11.6. The Kier molecular flexibility index (Phi) is 4.96. The molecule has 94 valence electrons. The summed E-state index contributed by atoms with van der Waals surface area (Å²) in [6, 6.07) is 5.95. The summed E-state index contributed by atoms with van der Waals surface area (Å²) < 4.78 is 22.6. The summed E-state index contributed by atoms with van der Waals surface area (Å²) in [5.41, 5.74) is 0.336. The lowest BCUT2D eigenvalue weighted by atomic mass is 10.2. The van der Waals surface area contributed by atoms with E-state index < -0.39 is 9.84 Å². The minimum Gasteiger partial charge on any atom is -0.352 e. The number of carbonyl (C=O) groups excluding carboxylic acids is 1. The molecule has 0 aliphatic carbocycles. The molecular weight excluding hydrogens is 262 g/mol. The molecule has 0 aromatic heterocycles. The van der Waals surface area contributed by atoms with Gasteiger partial charge in [-0.25, -0.2) is 8.42 Å². The standard InChI is InChI=1S/C11H14ClNO3S/c1-17(15,16)10-5-2-4-9(8-10)11(14)13-7-3-6-12/h2,4-5,8H,3,6-7H2,1H3,(H,13,14). The van der Waals surface area contributed by atoms with E-state index in [1.807, 2.05) is 0 Å². The summed E-state index contributed by atoms with van der Waals surface area (Å²) in [4.78, 5) is 11.8. The van der Waals surface area contributed by atoms with E-state index in [0.29, 0.717) is 24.4 Å². The van der Waals surface area contributed by atoms with Gasteiger partial charge in [0.1, 0.15) is 0 Å². The first-order valence-corrected chi connectivity index (χ1v) is 7.52. The molecule has 1 N–H and O–H groups in total. The summed E-state index contributed by atoms with van der Waals surface area (Å²) in [5, 5.41) is 2.66. The molecule has 0 aliphatic heterocycles. The number of amides is 1. The monoisotopic (exact) mass is 275 g/mol. The molecule has 0 saturated carbocycles. The molecule has 6 heteroatoms. The molecule has 1 rings (SSSR count). The molecule has 0 heterocycles. The summed E-state index contributed by atoms with van der Waals surface area (Å²) in [6.07, 6.45) is 1.79. The van der Waals surface area contributed by atoms with Gasteiger partial charge >= 0.3 is 0 Å². The third-order valence-corrected chi connectivity index (χ3v) is 3.50. The average Bonchev–Trinajstić information content (AvgIpc) is 2.28. The first-order chi connectivity index (χ1) is 7.95. The van der Waals surface area contributed by atoms with Crippen LogP contribution in [-0.4, -0.2) is 33.0 Å². The van der Waals surface area contributed by atoms with Crippen LogP contribution in [0.3, 0.4) is 0 Å². The Hall–Kier alpha value is -1.07. The van der Waals surface area contributed by atoms with Gasteiger partial charge in [0.15, 0.2) is 9.84 Å². The van der Waals surface area contributed by atoms with Crippen LogP contribution in [0.5, 0.6) is 0 Å². The molecule has 0 radical (unpaired) electrons. The Morgan fingerprint density at radius 1 is 1.41 bits per heavy atom. The zero-order valence-corrected chi connectivity index (χ0v) is 11.0. The summed E-state index contributed by atoms with van der Waals surface area (Å²) in [6.45, 7) is 0.478. The van der Waals surface area contributed by atoms with Gasteiger partial charge in [0.2, 0.25) is 0 Å². The molecular formula is C11H14ClNO3S. The maximum atomic E-state index is 11.6. The van der Waals surface area contributed by atoms with E-state index in [2.05, 4.69) is 5.32 Å². The van der Waals surface area contributed by atoms with Crippen LogP contribution < -0.4 is 5.32 Å². The van der Waals surface area contributed by atoms with Gasteiger partial charge in [-0.2, -0.15) is 0 Å². The van der Waals surface area contributed by atoms with E-state index in [9.17, 15) is 13.2 Å². The molecule has 0 bridgehead atoms. The van der Waals surface area contributed by atoms with E-state index in [4.69, 9.17) is 11.6 Å². The first-order valence-electron chi connectivity index (χ1n) is 5.09. The normalized spacial score (nSPS) is 11.2. The zero-order chi connectivity index (χ0) is 12.9. The molecule has 1 amide bonds. The number of rotatable bonds is 5. The highest BCUT2D eigenvalue weighted by Gasteiger charge is 2.10. The van der Waals surface area contributed by atoms with Gasteiger partial charge in [-0.1, -0.05) is 6.07 Å². The second-order valence-corrected chi connectivity index (χ2v) is 5.99. The highest BCUT2D eigenvalue weighted by Crippen LogP contribution is 2.11. The Balaban J connectivity index is 2.82. The van der Waals surface area contributed by atoms with E-state index in [0.717, 1.165) is 6.26 Å². The molecule has 0 unspecified atom stereocenters. The van der Waals surface area contributed by atoms with Crippen molar-refractivity contribution in [2.75, 3.05) is 18.7 Å². The van der Waals surface area contributed by atoms with Crippen LogP contribution >= 0.6 is 11.6 Å². The van der Waals surface area contributed by atoms with Crippen LogP contribution in [0.15, 0.2) is 29.2 Å². The van der Waals surface area contributed by atoms with Crippen LogP contribution in [-0.2, 0) is 9.84 Å². The van der Waals surface area contributed by atoms with Crippen molar-refractivity contribution in [1.29, 1.82) is 0 Å². The lowest BCUT2D eigenvalue weighted by Crippen LogP contribution is -2.24. The number of alkyl halides is 1. The number of benzene rings is 1. The predicted octanol–water partition coefficient (Wildman–Crippen LogP) is 1.45. The van der Waals surface area contributed by atoms with Crippen molar-refractivity contribution < 1.29 is 13.2 Å².